The number of nitrogens with zero attached hydrogens (tertiary/aromatic N) is 2. The molecule has 1 amide bonds. The van der Waals surface area contributed by atoms with Gasteiger partial charge in [0.1, 0.15) is 23.2 Å². The molecule has 0 spiro atoms. The lowest BCUT2D eigenvalue weighted by molar-refractivity contribution is 0.102. The Morgan fingerprint density at radius 1 is 1.06 bits per heavy atom. The molecule has 0 bridgehead atoms. The van der Waals surface area contributed by atoms with Crippen molar-refractivity contribution in [2.75, 3.05) is 24.9 Å². The lowest BCUT2D eigenvalue weighted by Crippen LogP contribution is -2.22. The molecular weight excluding hydrogens is 527 g/mol. The average molecular weight is 549 g/mol. The average Bonchev–Trinajstić information content (AvgIpc) is 3.33. The third kappa shape index (κ3) is 4.45. The second-order valence-corrected chi connectivity index (χ2v) is 8.97. The molecule has 9 heteroatoms. The number of allylic oxidation sites excluding steroid dienone is 1. The van der Waals surface area contributed by atoms with Crippen molar-refractivity contribution in [2.45, 2.75) is 6.04 Å². The number of carbonyl (C=O) groups is 1. The van der Waals surface area contributed by atoms with Crippen LogP contribution in [0.1, 0.15) is 27.5 Å². The Hall–Kier alpha value is -4.11. The number of fused-ring (bicyclic) bond motifs is 1. The van der Waals surface area contributed by atoms with E-state index in [9.17, 15) is 9.18 Å². The molecule has 182 valence electrons. The van der Waals surface area contributed by atoms with Gasteiger partial charge in [-0.2, -0.15) is 5.10 Å². The Morgan fingerprint density at radius 2 is 1.81 bits per heavy atom. The van der Waals surface area contributed by atoms with E-state index in [4.69, 9.17) is 9.47 Å². The molecule has 1 aromatic heterocycles. The highest BCUT2D eigenvalue weighted by Crippen LogP contribution is 2.42. The number of amides is 1. The number of methoxy groups -OCH3 is 2. The van der Waals surface area contributed by atoms with Crippen LogP contribution in [0.3, 0.4) is 0 Å². The largest absolute Gasteiger partial charge is 0.493 e. The number of para-hydroxylation sites is 1. The summed E-state index contributed by atoms with van der Waals surface area (Å²) < 4.78 is 27.2. The van der Waals surface area contributed by atoms with Crippen LogP contribution in [0, 0.1) is 5.82 Å². The third-order valence-corrected chi connectivity index (χ3v) is 6.42. The maximum absolute atomic E-state index is 13.3. The summed E-state index contributed by atoms with van der Waals surface area (Å²) >= 11 is 3.48. The van der Waals surface area contributed by atoms with Crippen molar-refractivity contribution in [3.05, 3.63) is 106 Å². The Balaban J connectivity index is 1.60. The molecule has 36 heavy (non-hydrogen) atoms. The summed E-state index contributed by atoms with van der Waals surface area (Å²) in [6.45, 7) is 0. The van der Waals surface area contributed by atoms with Crippen molar-refractivity contribution in [2.24, 2.45) is 0 Å². The molecule has 2 heterocycles. The normalized spacial score (nSPS) is 14.3. The van der Waals surface area contributed by atoms with Crippen LogP contribution >= 0.6 is 15.9 Å². The van der Waals surface area contributed by atoms with Crippen molar-refractivity contribution < 1.29 is 18.7 Å². The number of benzene rings is 3. The number of rotatable bonds is 6. The summed E-state index contributed by atoms with van der Waals surface area (Å²) in [7, 11) is 3.18. The molecule has 0 unspecified atom stereocenters. The molecule has 0 saturated carbocycles. The molecule has 0 saturated heterocycles. The standard InChI is InChI=1S/C27H22BrFN4O3/c1-35-24-5-3-4-20(25(24)36-2)23-14-22(16-6-8-17(28)9-7-16)32-26-21(15-30-33(23)26)27(34)31-19-12-10-18(29)11-13-19/h3-15,23,32H,1-2H3,(H,31,34)/t23-/m0/s1. The van der Waals surface area contributed by atoms with E-state index < -0.39 is 6.04 Å². The highest BCUT2D eigenvalue weighted by Gasteiger charge is 2.30. The van der Waals surface area contributed by atoms with Crippen LogP contribution in [-0.2, 0) is 0 Å². The van der Waals surface area contributed by atoms with Crippen LogP contribution in [0.5, 0.6) is 11.5 Å². The van der Waals surface area contributed by atoms with E-state index in [1.165, 1.54) is 30.5 Å². The zero-order valence-electron chi connectivity index (χ0n) is 19.5. The lowest BCUT2D eigenvalue weighted by Gasteiger charge is -2.27. The van der Waals surface area contributed by atoms with Gasteiger partial charge in [0.25, 0.3) is 5.91 Å². The molecule has 0 radical (unpaired) electrons. The number of nitrogens with one attached hydrogen (secondary N) is 2. The van der Waals surface area contributed by atoms with E-state index in [-0.39, 0.29) is 11.7 Å². The minimum absolute atomic E-state index is 0.342. The SMILES string of the molecule is COc1cccc([C@@H]2C=C(c3ccc(Br)cc3)Nc3c(C(=O)Nc4ccc(F)cc4)cnn32)c1OC. The summed E-state index contributed by atoms with van der Waals surface area (Å²) in [6.07, 6.45) is 3.54. The molecular formula is C27H22BrFN4O3. The van der Waals surface area contributed by atoms with Crippen LogP contribution in [-0.4, -0.2) is 29.9 Å². The molecule has 1 aliphatic heterocycles. The topological polar surface area (TPSA) is 77.4 Å². The fourth-order valence-electron chi connectivity index (χ4n) is 4.16. The van der Waals surface area contributed by atoms with E-state index in [1.807, 2.05) is 48.5 Å². The Labute approximate surface area is 215 Å². The van der Waals surface area contributed by atoms with Gasteiger partial charge in [0, 0.05) is 21.4 Å². The fourth-order valence-corrected chi connectivity index (χ4v) is 4.42. The van der Waals surface area contributed by atoms with E-state index in [0.717, 1.165) is 21.3 Å². The molecule has 2 N–H and O–H groups in total. The van der Waals surface area contributed by atoms with Crippen molar-refractivity contribution >= 4 is 39.0 Å². The highest BCUT2D eigenvalue weighted by molar-refractivity contribution is 9.10. The number of hydrogen-bond acceptors (Lipinski definition) is 5. The van der Waals surface area contributed by atoms with E-state index in [0.29, 0.717) is 28.6 Å². The zero-order valence-corrected chi connectivity index (χ0v) is 21.0. The Morgan fingerprint density at radius 3 is 2.50 bits per heavy atom. The van der Waals surface area contributed by atoms with Gasteiger partial charge in [-0.05, 0) is 54.1 Å². The molecule has 1 atom stereocenters. The summed E-state index contributed by atoms with van der Waals surface area (Å²) in [4.78, 5) is 13.2. The lowest BCUT2D eigenvalue weighted by atomic mass is 9.99. The van der Waals surface area contributed by atoms with Crippen LogP contribution in [0.25, 0.3) is 5.70 Å². The van der Waals surface area contributed by atoms with E-state index in [1.54, 1.807) is 18.9 Å². The van der Waals surface area contributed by atoms with Gasteiger partial charge in [0.15, 0.2) is 11.5 Å². The first-order valence-corrected chi connectivity index (χ1v) is 11.9. The summed E-state index contributed by atoms with van der Waals surface area (Å²) in [5.41, 5.74) is 3.38. The number of anilines is 2. The van der Waals surface area contributed by atoms with Crippen LogP contribution in [0.2, 0.25) is 0 Å². The van der Waals surface area contributed by atoms with E-state index >= 15 is 0 Å². The molecule has 7 nitrogen and oxygen atoms in total. The second-order valence-electron chi connectivity index (χ2n) is 8.05. The van der Waals surface area contributed by atoms with Crippen LogP contribution in [0.15, 0.2) is 83.5 Å². The molecule has 1 aliphatic rings. The Bertz CT molecular complexity index is 1450. The maximum atomic E-state index is 13.3. The number of hydrogen-bond donors (Lipinski definition) is 2. The fraction of sp³-hybridized carbons (Fsp3) is 0.111. The van der Waals surface area contributed by atoms with Crippen LogP contribution < -0.4 is 20.1 Å². The molecule has 3 aromatic carbocycles. The minimum Gasteiger partial charge on any atom is -0.493 e. The first kappa shape index (κ1) is 23.6. The number of carbonyl (C=O) groups excluding carboxylic acids is 1. The predicted octanol–water partition coefficient (Wildman–Crippen LogP) is 6.11. The van der Waals surface area contributed by atoms with Crippen molar-refractivity contribution in [3.63, 3.8) is 0 Å². The van der Waals surface area contributed by atoms with E-state index in [2.05, 4.69) is 31.7 Å². The summed E-state index contributed by atoms with van der Waals surface area (Å²) in [5.74, 6) is 0.942. The monoisotopic (exact) mass is 548 g/mol. The van der Waals surface area contributed by atoms with Gasteiger partial charge < -0.3 is 20.1 Å². The van der Waals surface area contributed by atoms with Crippen molar-refractivity contribution in [1.82, 2.24) is 9.78 Å². The predicted molar refractivity (Wildman–Crippen MR) is 140 cm³/mol. The van der Waals surface area contributed by atoms with Gasteiger partial charge >= 0.3 is 0 Å². The molecule has 5 rings (SSSR count). The first-order chi connectivity index (χ1) is 17.5. The van der Waals surface area contributed by atoms with Crippen molar-refractivity contribution in [1.29, 1.82) is 0 Å². The van der Waals surface area contributed by atoms with Crippen molar-refractivity contribution in [3.8, 4) is 11.5 Å². The van der Waals surface area contributed by atoms with Gasteiger partial charge in [-0.25, -0.2) is 9.07 Å². The third-order valence-electron chi connectivity index (χ3n) is 5.89. The highest BCUT2D eigenvalue weighted by atomic mass is 79.9. The van der Waals surface area contributed by atoms with Gasteiger partial charge in [0.2, 0.25) is 0 Å². The summed E-state index contributed by atoms with van der Waals surface area (Å²) in [5, 5.41) is 10.7. The van der Waals surface area contributed by atoms with Gasteiger partial charge in [-0.15, -0.1) is 0 Å². The molecule has 0 aliphatic carbocycles. The summed E-state index contributed by atoms with van der Waals surface area (Å²) in [6, 6.07) is 18.7. The Kier molecular flexibility index (Phi) is 6.47. The number of aromatic nitrogens is 2. The minimum atomic E-state index is -0.391. The second kappa shape index (κ2) is 9.87. The smallest absolute Gasteiger partial charge is 0.261 e. The maximum Gasteiger partial charge on any atom is 0.261 e. The zero-order chi connectivity index (χ0) is 25.2. The molecule has 0 fully saturated rings. The quantitative estimate of drug-likeness (QED) is 0.304. The van der Waals surface area contributed by atoms with Gasteiger partial charge in [0.05, 0.1) is 20.4 Å². The first-order valence-electron chi connectivity index (χ1n) is 11.1. The van der Waals surface area contributed by atoms with Crippen LogP contribution in [0.4, 0.5) is 15.9 Å². The number of halogens is 2. The number of ether oxygens (including phenoxy) is 2. The van der Waals surface area contributed by atoms with Gasteiger partial charge in [-0.3, -0.25) is 4.79 Å². The molecule has 4 aromatic rings. The van der Waals surface area contributed by atoms with Gasteiger partial charge in [-0.1, -0.05) is 40.2 Å².